The average molecular weight is 183 g/mol. The molecule has 1 aromatic rings. The Morgan fingerprint density at radius 1 is 1.62 bits per heavy atom. The van der Waals surface area contributed by atoms with Gasteiger partial charge >= 0.3 is 0 Å². The third kappa shape index (κ3) is 3.20. The summed E-state index contributed by atoms with van der Waals surface area (Å²) < 4.78 is 10.7. The summed E-state index contributed by atoms with van der Waals surface area (Å²) in [6.07, 6.45) is 2.73. The first kappa shape index (κ1) is 10.3. The van der Waals surface area contributed by atoms with Gasteiger partial charge in [-0.05, 0) is 25.6 Å². The maximum Gasteiger partial charge on any atom is 0.123 e. The summed E-state index contributed by atoms with van der Waals surface area (Å²) in [5.74, 6) is 0.929. The van der Waals surface area contributed by atoms with Gasteiger partial charge in [-0.1, -0.05) is 6.92 Å². The highest BCUT2D eigenvalue weighted by atomic mass is 16.5. The van der Waals surface area contributed by atoms with Crippen LogP contribution in [-0.4, -0.2) is 20.3 Å². The Morgan fingerprint density at radius 2 is 2.46 bits per heavy atom. The van der Waals surface area contributed by atoms with E-state index in [0.717, 1.165) is 18.8 Å². The van der Waals surface area contributed by atoms with Gasteiger partial charge in [0.25, 0.3) is 0 Å². The van der Waals surface area contributed by atoms with Crippen molar-refractivity contribution in [3.63, 3.8) is 0 Å². The zero-order valence-electron chi connectivity index (χ0n) is 8.25. The van der Waals surface area contributed by atoms with Gasteiger partial charge in [0, 0.05) is 6.61 Å². The highest BCUT2D eigenvalue weighted by Gasteiger charge is 2.10. The molecule has 1 rings (SSSR count). The second-order valence-electron chi connectivity index (χ2n) is 2.93. The molecule has 1 unspecified atom stereocenters. The molecule has 3 nitrogen and oxygen atoms in total. The third-order valence-electron chi connectivity index (χ3n) is 1.87. The molecule has 0 saturated heterocycles. The lowest BCUT2D eigenvalue weighted by atomic mass is 10.2. The van der Waals surface area contributed by atoms with Crippen LogP contribution in [0, 0.1) is 0 Å². The van der Waals surface area contributed by atoms with E-state index in [1.807, 2.05) is 19.2 Å². The maximum absolute atomic E-state index is 5.44. The lowest BCUT2D eigenvalue weighted by Gasteiger charge is -2.13. The van der Waals surface area contributed by atoms with Crippen LogP contribution in [0.1, 0.15) is 25.1 Å². The lowest BCUT2D eigenvalue weighted by Crippen LogP contribution is -2.21. The summed E-state index contributed by atoms with van der Waals surface area (Å²) in [6.45, 7) is 3.57. The monoisotopic (exact) mass is 183 g/mol. The molecule has 0 saturated carbocycles. The highest BCUT2D eigenvalue weighted by Crippen LogP contribution is 2.12. The first-order valence-electron chi connectivity index (χ1n) is 4.67. The van der Waals surface area contributed by atoms with Crippen LogP contribution in [0.5, 0.6) is 0 Å². The molecule has 0 aliphatic carbocycles. The summed E-state index contributed by atoms with van der Waals surface area (Å²) in [5, 5.41) is 3.14. The van der Waals surface area contributed by atoms with Gasteiger partial charge < -0.3 is 14.5 Å². The van der Waals surface area contributed by atoms with Gasteiger partial charge in [0.2, 0.25) is 0 Å². The zero-order chi connectivity index (χ0) is 9.52. The van der Waals surface area contributed by atoms with Gasteiger partial charge in [-0.15, -0.1) is 0 Å². The van der Waals surface area contributed by atoms with Crippen LogP contribution < -0.4 is 5.32 Å². The Hall–Kier alpha value is -0.800. The van der Waals surface area contributed by atoms with Crippen LogP contribution >= 0.6 is 0 Å². The van der Waals surface area contributed by atoms with Gasteiger partial charge in [-0.25, -0.2) is 0 Å². The van der Waals surface area contributed by atoms with E-state index in [2.05, 4.69) is 12.2 Å². The summed E-state index contributed by atoms with van der Waals surface area (Å²) in [4.78, 5) is 0. The molecule has 3 heteroatoms. The number of nitrogens with one attached hydrogen (secondary N) is 1. The molecule has 0 spiro atoms. The molecule has 1 heterocycles. The first-order valence-corrected chi connectivity index (χ1v) is 4.67. The molecular weight excluding hydrogens is 166 g/mol. The van der Waals surface area contributed by atoms with E-state index >= 15 is 0 Å². The topological polar surface area (TPSA) is 34.4 Å². The predicted octanol–water partition coefficient (Wildman–Crippen LogP) is 1.97. The summed E-state index contributed by atoms with van der Waals surface area (Å²) >= 11 is 0. The fourth-order valence-corrected chi connectivity index (χ4v) is 1.14. The Kier molecular flexibility index (Phi) is 4.57. The van der Waals surface area contributed by atoms with E-state index in [4.69, 9.17) is 9.15 Å². The van der Waals surface area contributed by atoms with Crippen molar-refractivity contribution in [3.05, 3.63) is 24.2 Å². The van der Waals surface area contributed by atoms with Crippen LogP contribution in [0.3, 0.4) is 0 Å². The van der Waals surface area contributed by atoms with Crippen molar-refractivity contribution < 1.29 is 9.15 Å². The smallest absolute Gasteiger partial charge is 0.123 e. The quantitative estimate of drug-likeness (QED) is 0.685. The van der Waals surface area contributed by atoms with E-state index in [9.17, 15) is 0 Å². The minimum atomic E-state index is 0.168. The van der Waals surface area contributed by atoms with Crippen molar-refractivity contribution in [2.24, 2.45) is 0 Å². The second-order valence-corrected chi connectivity index (χ2v) is 2.93. The minimum Gasteiger partial charge on any atom is -0.468 e. The van der Waals surface area contributed by atoms with Gasteiger partial charge in [0.15, 0.2) is 0 Å². The van der Waals surface area contributed by atoms with Gasteiger partial charge in [-0.3, -0.25) is 0 Å². The molecule has 0 fully saturated rings. The Bertz CT molecular complexity index is 209. The average Bonchev–Trinajstić information content (AvgIpc) is 2.65. The van der Waals surface area contributed by atoms with Crippen LogP contribution in [0.4, 0.5) is 0 Å². The standard InChI is InChI=1S/C10H17NO2/c1-3-6-12-8-9(11-2)10-5-4-7-13-10/h4-5,7,9,11H,3,6,8H2,1-2H3. The van der Waals surface area contributed by atoms with Crippen molar-refractivity contribution in [2.75, 3.05) is 20.3 Å². The van der Waals surface area contributed by atoms with E-state index in [1.54, 1.807) is 6.26 Å². The van der Waals surface area contributed by atoms with Crippen molar-refractivity contribution in [3.8, 4) is 0 Å². The number of rotatable bonds is 6. The van der Waals surface area contributed by atoms with Crippen LogP contribution in [0.2, 0.25) is 0 Å². The Morgan fingerprint density at radius 3 is 3.00 bits per heavy atom. The number of hydrogen-bond donors (Lipinski definition) is 1. The minimum absolute atomic E-state index is 0.168. The Balaban J connectivity index is 2.35. The molecule has 1 N–H and O–H groups in total. The van der Waals surface area contributed by atoms with E-state index in [0.29, 0.717) is 6.61 Å². The Labute approximate surface area is 79.1 Å². The molecule has 74 valence electrons. The molecule has 13 heavy (non-hydrogen) atoms. The maximum atomic E-state index is 5.44. The fraction of sp³-hybridized carbons (Fsp3) is 0.600. The second kappa shape index (κ2) is 5.78. The van der Waals surface area contributed by atoms with Crippen LogP contribution in [0.25, 0.3) is 0 Å². The summed E-state index contributed by atoms with van der Waals surface area (Å²) in [5.41, 5.74) is 0. The molecular formula is C10H17NO2. The first-order chi connectivity index (χ1) is 6.38. The number of hydrogen-bond acceptors (Lipinski definition) is 3. The zero-order valence-corrected chi connectivity index (χ0v) is 8.25. The number of likely N-dealkylation sites (N-methyl/N-ethyl adjacent to an activating group) is 1. The normalized spacial score (nSPS) is 13.1. The van der Waals surface area contributed by atoms with Crippen LogP contribution in [0.15, 0.2) is 22.8 Å². The third-order valence-corrected chi connectivity index (χ3v) is 1.87. The lowest BCUT2D eigenvalue weighted by molar-refractivity contribution is 0.108. The van der Waals surface area contributed by atoms with E-state index in [1.165, 1.54) is 0 Å². The van der Waals surface area contributed by atoms with E-state index < -0.39 is 0 Å². The van der Waals surface area contributed by atoms with Gasteiger partial charge in [0.1, 0.15) is 5.76 Å². The highest BCUT2D eigenvalue weighted by molar-refractivity contribution is 5.03. The summed E-state index contributed by atoms with van der Waals surface area (Å²) in [6, 6.07) is 4.01. The van der Waals surface area contributed by atoms with Crippen LogP contribution in [-0.2, 0) is 4.74 Å². The molecule has 0 radical (unpaired) electrons. The molecule has 1 aromatic heterocycles. The molecule has 0 aliphatic rings. The number of furan rings is 1. The van der Waals surface area contributed by atoms with Crippen molar-refractivity contribution in [1.82, 2.24) is 5.32 Å². The molecule has 0 aliphatic heterocycles. The van der Waals surface area contributed by atoms with Crippen molar-refractivity contribution in [2.45, 2.75) is 19.4 Å². The fourth-order valence-electron chi connectivity index (χ4n) is 1.14. The molecule has 0 aromatic carbocycles. The van der Waals surface area contributed by atoms with E-state index in [-0.39, 0.29) is 6.04 Å². The summed E-state index contributed by atoms with van der Waals surface area (Å²) in [7, 11) is 1.91. The SMILES string of the molecule is CCCOCC(NC)c1ccco1. The molecule has 0 bridgehead atoms. The molecule has 0 amide bonds. The largest absolute Gasteiger partial charge is 0.468 e. The van der Waals surface area contributed by atoms with Crippen molar-refractivity contribution >= 4 is 0 Å². The van der Waals surface area contributed by atoms with Crippen molar-refractivity contribution in [1.29, 1.82) is 0 Å². The number of ether oxygens (including phenoxy) is 1. The van der Waals surface area contributed by atoms with Gasteiger partial charge in [-0.2, -0.15) is 0 Å². The predicted molar refractivity (Wildman–Crippen MR) is 51.6 cm³/mol. The molecule has 1 atom stereocenters. The van der Waals surface area contributed by atoms with Gasteiger partial charge in [0.05, 0.1) is 18.9 Å².